The average Bonchev–Trinajstić information content (AvgIpc) is 2.37. The molecule has 1 aromatic heterocycles. The summed E-state index contributed by atoms with van der Waals surface area (Å²) in [6, 6.07) is 1.79. The molecular formula is C11H18N4O2S2. The molecule has 1 unspecified atom stereocenters. The van der Waals surface area contributed by atoms with Crippen molar-refractivity contribution in [3.63, 3.8) is 0 Å². The standard InChI is InChI=1S/C11H18N4O2S2/c1-8-13-9(12-2)6-10(14-8)15-4-5-18-7-11(15)19(3,16)17/h6,11H,4-5,7H2,1-3H3,(H,12,13,14). The van der Waals surface area contributed by atoms with E-state index in [9.17, 15) is 8.42 Å². The maximum Gasteiger partial charge on any atom is 0.169 e. The second kappa shape index (κ2) is 5.54. The molecule has 1 fully saturated rings. The molecule has 0 aliphatic carbocycles. The third-order valence-electron chi connectivity index (χ3n) is 2.95. The molecule has 1 aromatic rings. The van der Waals surface area contributed by atoms with Crippen molar-refractivity contribution in [3.8, 4) is 0 Å². The van der Waals surface area contributed by atoms with Crippen LogP contribution in [-0.4, -0.2) is 55.1 Å². The van der Waals surface area contributed by atoms with E-state index < -0.39 is 15.2 Å². The molecule has 1 N–H and O–H groups in total. The van der Waals surface area contributed by atoms with Crippen LogP contribution in [0.25, 0.3) is 0 Å². The molecule has 0 spiro atoms. The number of aryl methyl sites for hydroxylation is 1. The molecule has 8 heteroatoms. The van der Waals surface area contributed by atoms with Crippen LogP contribution in [0.2, 0.25) is 0 Å². The third kappa shape index (κ3) is 3.30. The van der Waals surface area contributed by atoms with Gasteiger partial charge in [0.1, 0.15) is 22.8 Å². The second-order valence-electron chi connectivity index (χ2n) is 4.46. The van der Waals surface area contributed by atoms with Gasteiger partial charge >= 0.3 is 0 Å². The Morgan fingerprint density at radius 3 is 2.84 bits per heavy atom. The molecule has 2 heterocycles. The summed E-state index contributed by atoms with van der Waals surface area (Å²) in [5.41, 5.74) is 0. The summed E-state index contributed by atoms with van der Waals surface area (Å²) in [6.07, 6.45) is 1.28. The molecule has 2 rings (SSSR count). The molecule has 19 heavy (non-hydrogen) atoms. The molecule has 0 bridgehead atoms. The van der Waals surface area contributed by atoms with Crippen LogP contribution in [0, 0.1) is 6.92 Å². The molecule has 106 valence electrons. The number of sulfone groups is 1. The molecule has 1 aliphatic rings. The van der Waals surface area contributed by atoms with Crippen molar-refractivity contribution in [1.29, 1.82) is 0 Å². The van der Waals surface area contributed by atoms with Gasteiger partial charge in [0.15, 0.2) is 9.84 Å². The van der Waals surface area contributed by atoms with Crippen LogP contribution in [0.3, 0.4) is 0 Å². The number of hydrogen-bond donors (Lipinski definition) is 1. The Morgan fingerprint density at radius 2 is 2.21 bits per heavy atom. The van der Waals surface area contributed by atoms with Crippen LogP contribution in [0.5, 0.6) is 0 Å². The first-order valence-electron chi connectivity index (χ1n) is 5.98. The summed E-state index contributed by atoms with van der Waals surface area (Å²) in [5.74, 6) is 3.49. The quantitative estimate of drug-likeness (QED) is 0.883. The Kier molecular flexibility index (Phi) is 4.19. The molecular weight excluding hydrogens is 284 g/mol. The lowest BCUT2D eigenvalue weighted by molar-refractivity contribution is 0.583. The molecule has 1 aliphatic heterocycles. The highest BCUT2D eigenvalue weighted by Gasteiger charge is 2.32. The lowest BCUT2D eigenvalue weighted by Crippen LogP contribution is -2.47. The van der Waals surface area contributed by atoms with E-state index in [4.69, 9.17) is 0 Å². The smallest absolute Gasteiger partial charge is 0.169 e. The fraction of sp³-hybridized carbons (Fsp3) is 0.636. The average molecular weight is 302 g/mol. The van der Waals surface area contributed by atoms with E-state index in [2.05, 4.69) is 15.3 Å². The summed E-state index contributed by atoms with van der Waals surface area (Å²) in [6.45, 7) is 2.49. The molecule has 0 radical (unpaired) electrons. The zero-order chi connectivity index (χ0) is 14.0. The minimum atomic E-state index is -3.13. The van der Waals surface area contributed by atoms with Gasteiger partial charge in [0.05, 0.1) is 0 Å². The second-order valence-corrected chi connectivity index (χ2v) is 7.81. The number of nitrogens with one attached hydrogen (secondary N) is 1. The Labute approximate surface area is 117 Å². The molecule has 6 nitrogen and oxygen atoms in total. The minimum absolute atomic E-state index is 0.509. The van der Waals surface area contributed by atoms with Gasteiger partial charge < -0.3 is 10.2 Å². The van der Waals surface area contributed by atoms with Gasteiger partial charge in [-0.25, -0.2) is 18.4 Å². The van der Waals surface area contributed by atoms with E-state index in [1.54, 1.807) is 31.8 Å². The first kappa shape index (κ1) is 14.4. The Morgan fingerprint density at radius 1 is 1.47 bits per heavy atom. The summed E-state index contributed by atoms with van der Waals surface area (Å²) in [5, 5.41) is 2.46. The van der Waals surface area contributed by atoms with Gasteiger partial charge in [0.25, 0.3) is 0 Å². The molecule has 0 aromatic carbocycles. The van der Waals surface area contributed by atoms with Crippen molar-refractivity contribution in [3.05, 3.63) is 11.9 Å². The predicted molar refractivity (Wildman–Crippen MR) is 79.6 cm³/mol. The normalized spacial score (nSPS) is 20.4. The van der Waals surface area contributed by atoms with E-state index in [0.29, 0.717) is 29.8 Å². The highest BCUT2D eigenvalue weighted by atomic mass is 32.2. The van der Waals surface area contributed by atoms with Crippen LogP contribution in [0.15, 0.2) is 6.07 Å². The number of aromatic nitrogens is 2. The number of thioether (sulfide) groups is 1. The number of anilines is 2. The van der Waals surface area contributed by atoms with Gasteiger partial charge in [-0.15, -0.1) is 0 Å². The third-order valence-corrected chi connectivity index (χ3v) is 5.60. The van der Waals surface area contributed by atoms with Crippen LogP contribution in [0.4, 0.5) is 11.6 Å². The van der Waals surface area contributed by atoms with E-state index in [-0.39, 0.29) is 0 Å². The van der Waals surface area contributed by atoms with Crippen LogP contribution < -0.4 is 10.2 Å². The Balaban J connectivity index is 2.40. The van der Waals surface area contributed by atoms with Crippen LogP contribution in [-0.2, 0) is 9.84 Å². The van der Waals surface area contributed by atoms with Crippen molar-refractivity contribution < 1.29 is 8.42 Å². The molecule has 1 atom stereocenters. The topological polar surface area (TPSA) is 75.2 Å². The maximum absolute atomic E-state index is 11.9. The summed E-state index contributed by atoms with van der Waals surface area (Å²) in [4.78, 5) is 10.5. The largest absolute Gasteiger partial charge is 0.373 e. The van der Waals surface area contributed by atoms with Gasteiger partial charge in [-0.3, -0.25) is 0 Å². The Bertz CT molecular complexity index is 562. The van der Waals surface area contributed by atoms with Gasteiger partial charge in [0.2, 0.25) is 0 Å². The van der Waals surface area contributed by atoms with E-state index in [0.717, 1.165) is 5.75 Å². The van der Waals surface area contributed by atoms with Crippen LogP contribution in [0.1, 0.15) is 5.82 Å². The lowest BCUT2D eigenvalue weighted by Gasteiger charge is -2.35. The summed E-state index contributed by atoms with van der Waals surface area (Å²) in [7, 11) is -1.35. The van der Waals surface area contributed by atoms with Crippen LogP contribution >= 0.6 is 11.8 Å². The zero-order valence-electron chi connectivity index (χ0n) is 11.3. The van der Waals surface area contributed by atoms with Gasteiger partial charge in [-0.1, -0.05) is 0 Å². The molecule has 1 saturated heterocycles. The van der Waals surface area contributed by atoms with Crippen molar-refractivity contribution >= 4 is 33.2 Å². The van der Waals surface area contributed by atoms with E-state index in [1.807, 2.05) is 4.90 Å². The number of rotatable bonds is 3. The highest BCUT2D eigenvalue weighted by molar-refractivity contribution is 8.01. The zero-order valence-corrected chi connectivity index (χ0v) is 12.9. The molecule has 0 saturated carbocycles. The fourth-order valence-electron chi connectivity index (χ4n) is 2.02. The van der Waals surface area contributed by atoms with Crippen molar-refractivity contribution in [2.75, 3.05) is 41.6 Å². The summed E-state index contributed by atoms with van der Waals surface area (Å²) < 4.78 is 23.8. The number of nitrogens with zero attached hydrogens (tertiary/aromatic N) is 3. The van der Waals surface area contributed by atoms with Gasteiger partial charge in [-0.2, -0.15) is 11.8 Å². The fourth-order valence-corrected chi connectivity index (χ4v) is 4.85. The first-order chi connectivity index (χ1) is 8.91. The first-order valence-corrected chi connectivity index (χ1v) is 9.09. The van der Waals surface area contributed by atoms with Crippen molar-refractivity contribution in [2.45, 2.75) is 12.3 Å². The predicted octanol–water partition coefficient (Wildman–Crippen LogP) is 0.751. The Hall–Kier alpha value is -1.02. The summed E-state index contributed by atoms with van der Waals surface area (Å²) >= 11 is 1.66. The highest BCUT2D eigenvalue weighted by Crippen LogP contribution is 2.26. The lowest BCUT2D eigenvalue weighted by atomic mass is 10.4. The maximum atomic E-state index is 11.9. The minimum Gasteiger partial charge on any atom is -0.373 e. The van der Waals surface area contributed by atoms with E-state index in [1.165, 1.54) is 6.26 Å². The van der Waals surface area contributed by atoms with Gasteiger partial charge in [0, 0.05) is 37.4 Å². The number of hydrogen-bond acceptors (Lipinski definition) is 7. The molecule has 0 amide bonds. The van der Waals surface area contributed by atoms with E-state index >= 15 is 0 Å². The SMILES string of the molecule is CNc1cc(N2CCSCC2S(C)(=O)=O)nc(C)n1. The van der Waals surface area contributed by atoms with Crippen molar-refractivity contribution in [2.24, 2.45) is 0 Å². The van der Waals surface area contributed by atoms with Gasteiger partial charge in [-0.05, 0) is 6.92 Å². The monoisotopic (exact) mass is 302 g/mol. The van der Waals surface area contributed by atoms with Crippen molar-refractivity contribution in [1.82, 2.24) is 9.97 Å².